The van der Waals surface area contributed by atoms with Crippen molar-refractivity contribution in [1.29, 1.82) is 0 Å². The molecule has 0 saturated heterocycles. The maximum absolute atomic E-state index is 2.46. The van der Waals surface area contributed by atoms with E-state index in [1.165, 1.54) is 20.1 Å². The highest BCUT2D eigenvalue weighted by Gasteiger charge is 2.41. The van der Waals surface area contributed by atoms with Crippen molar-refractivity contribution in [2.24, 2.45) is 5.41 Å². The number of hydrogen-bond acceptors (Lipinski definition) is 0. The molecule has 0 amide bonds. The van der Waals surface area contributed by atoms with E-state index in [2.05, 4.69) is 55.4 Å². The second-order valence-corrected chi connectivity index (χ2v) is 6.89. The highest BCUT2D eigenvalue weighted by molar-refractivity contribution is 6.44. The minimum absolute atomic E-state index is 0.442. The Balaban J connectivity index is 4.81. The lowest BCUT2D eigenvalue weighted by Gasteiger charge is -2.46. The average Bonchev–Trinajstić information content (AvgIpc) is 2.01. The predicted octanol–water partition coefficient (Wildman–Crippen LogP) is 4.67. The topological polar surface area (TPSA) is 0 Å². The molecule has 0 bridgehead atoms. The Labute approximate surface area is 92.1 Å². The molecular formula is C13H29B. The van der Waals surface area contributed by atoms with Gasteiger partial charge in [0.15, 0.2) is 0 Å². The molecular weight excluding hydrogens is 167 g/mol. The molecule has 0 aromatic heterocycles. The summed E-state index contributed by atoms with van der Waals surface area (Å²) in [4.78, 5) is 0. The SMILES string of the molecule is CCC(C)(C)C(C)(BC(C)(C)C)CC. The largest absolute Gasteiger partial charge is 0.134 e. The fourth-order valence-corrected chi connectivity index (χ4v) is 2.44. The van der Waals surface area contributed by atoms with E-state index in [1.54, 1.807) is 0 Å². The van der Waals surface area contributed by atoms with Gasteiger partial charge >= 0.3 is 0 Å². The molecule has 84 valence electrons. The molecule has 0 aromatic carbocycles. The fraction of sp³-hybridized carbons (Fsp3) is 1.00. The Kier molecular flexibility index (Phi) is 4.31. The van der Waals surface area contributed by atoms with Crippen molar-refractivity contribution >= 4 is 7.28 Å². The zero-order valence-electron chi connectivity index (χ0n) is 11.6. The van der Waals surface area contributed by atoms with Crippen LogP contribution in [0.1, 0.15) is 68.2 Å². The van der Waals surface area contributed by atoms with Crippen LogP contribution in [0.3, 0.4) is 0 Å². The fourth-order valence-electron chi connectivity index (χ4n) is 2.44. The van der Waals surface area contributed by atoms with Crippen LogP contribution in [-0.2, 0) is 0 Å². The van der Waals surface area contributed by atoms with Crippen molar-refractivity contribution in [3.63, 3.8) is 0 Å². The van der Waals surface area contributed by atoms with Crippen LogP contribution in [0.15, 0.2) is 0 Å². The van der Waals surface area contributed by atoms with Crippen LogP contribution in [0.4, 0.5) is 0 Å². The third kappa shape index (κ3) is 3.33. The molecule has 0 rings (SSSR count). The van der Waals surface area contributed by atoms with Gasteiger partial charge in [0.05, 0.1) is 0 Å². The van der Waals surface area contributed by atoms with Crippen LogP contribution in [0.2, 0.25) is 10.6 Å². The molecule has 0 aliphatic rings. The van der Waals surface area contributed by atoms with Gasteiger partial charge in [-0.05, 0) is 5.41 Å². The van der Waals surface area contributed by atoms with Crippen molar-refractivity contribution in [2.45, 2.75) is 78.9 Å². The van der Waals surface area contributed by atoms with Gasteiger partial charge in [-0.2, -0.15) is 0 Å². The maximum atomic E-state index is 2.46. The summed E-state index contributed by atoms with van der Waals surface area (Å²) in [5, 5.41) is 0.914. The summed E-state index contributed by atoms with van der Waals surface area (Å²) in [5.41, 5.74) is 0.453. The maximum Gasteiger partial charge on any atom is 0.134 e. The number of rotatable bonds is 4. The van der Waals surface area contributed by atoms with E-state index in [0.717, 1.165) is 0 Å². The van der Waals surface area contributed by atoms with Crippen LogP contribution in [-0.4, -0.2) is 7.28 Å². The van der Waals surface area contributed by atoms with Gasteiger partial charge in [-0.3, -0.25) is 0 Å². The van der Waals surface area contributed by atoms with Gasteiger partial charge < -0.3 is 0 Å². The van der Waals surface area contributed by atoms with E-state index in [0.29, 0.717) is 16.0 Å². The Morgan fingerprint density at radius 3 is 1.43 bits per heavy atom. The minimum Gasteiger partial charge on any atom is -0.0671 e. The van der Waals surface area contributed by atoms with Gasteiger partial charge in [-0.1, -0.05) is 78.9 Å². The Morgan fingerprint density at radius 2 is 1.21 bits per heavy atom. The van der Waals surface area contributed by atoms with Crippen LogP contribution >= 0.6 is 0 Å². The summed E-state index contributed by atoms with van der Waals surface area (Å²) in [7, 11) is 1.32. The van der Waals surface area contributed by atoms with Crippen LogP contribution in [0.25, 0.3) is 0 Å². The minimum atomic E-state index is 0.442. The molecule has 14 heavy (non-hydrogen) atoms. The van der Waals surface area contributed by atoms with E-state index in [1.807, 2.05) is 0 Å². The first-order valence-corrected chi connectivity index (χ1v) is 6.08. The second kappa shape index (κ2) is 4.29. The van der Waals surface area contributed by atoms with Gasteiger partial charge in [0.2, 0.25) is 0 Å². The third-order valence-corrected chi connectivity index (χ3v) is 4.22. The summed E-state index contributed by atoms with van der Waals surface area (Å²) in [6, 6.07) is 0. The van der Waals surface area contributed by atoms with E-state index >= 15 is 0 Å². The average molecular weight is 196 g/mol. The predicted molar refractivity (Wildman–Crippen MR) is 69.6 cm³/mol. The molecule has 0 heterocycles. The molecule has 0 aliphatic heterocycles. The molecule has 0 radical (unpaired) electrons. The van der Waals surface area contributed by atoms with Crippen LogP contribution in [0.5, 0.6) is 0 Å². The van der Waals surface area contributed by atoms with E-state index in [4.69, 9.17) is 0 Å². The smallest absolute Gasteiger partial charge is 0.0671 e. The zero-order chi connectivity index (χ0) is 11.6. The van der Waals surface area contributed by atoms with E-state index < -0.39 is 0 Å². The van der Waals surface area contributed by atoms with Crippen LogP contribution < -0.4 is 0 Å². The molecule has 1 unspecified atom stereocenters. The molecule has 0 aromatic rings. The van der Waals surface area contributed by atoms with Crippen LogP contribution in [0, 0.1) is 5.41 Å². The summed E-state index contributed by atoms with van der Waals surface area (Å²) >= 11 is 0. The lowest BCUT2D eigenvalue weighted by molar-refractivity contribution is 0.226. The molecule has 0 N–H and O–H groups in total. The van der Waals surface area contributed by atoms with Gasteiger partial charge in [0, 0.05) is 0 Å². The number of hydrogen-bond donors (Lipinski definition) is 0. The molecule has 0 spiro atoms. The summed E-state index contributed by atoms with van der Waals surface area (Å²) in [6.45, 7) is 19.0. The zero-order valence-corrected chi connectivity index (χ0v) is 11.6. The normalized spacial score (nSPS) is 17.7. The van der Waals surface area contributed by atoms with Crippen molar-refractivity contribution in [3.8, 4) is 0 Å². The molecule has 0 aliphatic carbocycles. The van der Waals surface area contributed by atoms with E-state index in [9.17, 15) is 0 Å². The third-order valence-electron chi connectivity index (χ3n) is 4.22. The summed E-state index contributed by atoms with van der Waals surface area (Å²) in [5.74, 6) is 0. The van der Waals surface area contributed by atoms with Crippen molar-refractivity contribution in [2.75, 3.05) is 0 Å². The lowest BCUT2D eigenvalue weighted by Crippen LogP contribution is -2.36. The standard InChI is InChI=1S/C13H29B/c1-9-12(6,7)13(8,10-2)14-11(3,4)5/h14H,9-10H2,1-8H3. The monoisotopic (exact) mass is 196 g/mol. The van der Waals surface area contributed by atoms with Crippen molar-refractivity contribution in [3.05, 3.63) is 0 Å². The first kappa shape index (κ1) is 14.1. The lowest BCUT2D eigenvalue weighted by atomic mass is 9.34. The van der Waals surface area contributed by atoms with Gasteiger partial charge in [0.1, 0.15) is 7.28 Å². The highest BCUT2D eigenvalue weighted by Crippen LogP contribution is 2.53. The summed E-state index contributed by atoms with van der Waals surface area (Å²) < 4.78 is 0. The van der Waals surface area contributed by atoms with E-state index in [-0.39, 0.29) is 0 Å². The quantitative estimate of drug-likeness (QED) is 0.573. The molecule has 0 nitrogen and oxygen atoms in total. The molecule has 1 atom stereocenters. The second-order valence-electron chi connectivity index (χ2n) is 6.89. The first-order valence-electron chi connectivity index (χ1n) is 6.08. The van der Waals surface area contributed by atoms with Gasteiger partial charge in [0.25, 0.3) is 0 Å². The molecule has 1 heteroatoms. The van der Waals surface area contributed by atoms with Gasteiger partial charge in [-0.15, -0.1) is 0 Å². The van der Waals surface area contributed by atoms with Crippen molar-refractivity contribution < 1.29 is 0 Å². The molecule has 0 fully saturated rings. The first-order chi connectivity index (χ1) is 6.08. The summed E-state index contributed by atoms with van der Waals surface area (Å²) in [6.07, 6.45) is 2.55. The van der Waals surface area contributed by atoms with Crippen molar-refractivity contribution in [1.82, 2.24) is 0 Å². The highest BCUT2D eigenvalue weighted by atomic mass is 14.4. The molecule has 0 saturated carbocycles. The Bertz CT molecular complexity index is 176. The Morgan fingerprint density at radius 1 is 0.786 bits per heavy atom. The Hall–Kier alpha value is 0.0649. The van der Waals surface area contributed by atoms with Gasteiger partial charge in [-0.25, -0.2) is 0 Å².